The molecule has 1 aliphatic rings. The van der Waals surface area contributed by atoms with Gasteiger partial charge in [0, 0.05) is 0 Å². The maximum Gasteiger partial charge on any atom is 0.508 e. The lowest BCUT2D eigenvalue weighted by molar-refractivity contribution is -0.270. The molecular weight excluding hydrogens is 635 g/mol. The van der Waals surface area contributed by atoms with E-state index in [4.69, 9.17) is 98.0 Å². The molecule has 5 atom stereocenters. The van der Waals surface area contributed by atoms with Gasteiger partial charge in [-0.25, -0.2) is 9.59 Å². The predicted octanol–water partition coefficient (Wildman–Crippen LogP) is 4.85. The van der Waals surface area contributed by atoms with E-state index in [9.17, 15) is 14.7 Å². The van der Waals surface area contributed by atoms with Gasteiger partial charge in [-0.3, -0.25) is 0 Å². The average Bonchev–Trinajstić information content (AvgIpc) is 2.84. The van der Waals surface area contributed by atoms with Crippen molar-refractivity contribution in [3.63, 3.8) is 0 Å². The molecule has 0 aliphatic carbocycles. The lowest BCUT2D eigenvalue weighted by atomic mass is 9.96. The second-order valence-electron chi connectivity index (χ2n) is 7.75. The van der Waals surface area contributed by atoms with Crippen molar-refractivity contribution < 1.29 is 43.1 Å². The molecule has 2 rings (SSSR count). The van der Waals surface area contributed by atoms with Gasteiger partial charge in [0.15, 0.2) is 12.4 Å². The zero-order valence-corrected chi connectivity index (χ0v) is 24.1. The van der Waals surface area contributed by atoms with Gasteiger partial charge in [-0.15, -0.1) is 6.58 Å². The molecule has 214 valence electrons. The third-order valence-electron chi connectivity index (χ3n) is 4.68. The summed E-state index contributed by atoms with van der Waals surface area (Å²) in [6.45, 7) is 2.33. The second kappa shape index (κ2) is 15.8. The van der Waals surface area contributed by atoms with E-state index in [2.05, 4.69) is 11.9 Å². The quantitative estimate of drug-likeness (QED) is 0.195. The molecule has 0 bridgehead atoms. The van der Waals surface area contributed by atoms with Crippen LogP contribution in [0.2, 0.25) is 0 Å². The Morgan fingerprint density at radius 1 is 1.05 bits per heavy atom. The fraction of sp³-hybridized carbons (Fsp3) is 0.545. The van der Waals surface area contributed by atoms with Crippen LogP contribution in [-0.2, 0) is 35.0 Å². The van der Waals surface area contributed by atoms with Crippen LogP contribution in [-0.4, -0.2) is 82.0 Å². The van der Waals surface area contributed by atoms with E-state index < -0.39 is 63.7 Å². The lowest BCUT2D eigenvalue weighted by Crippen LogP contribution is -2.66. The maximum absolute atomic E-state index is 12.4. The van der Waals surface area contributed by atoms with Gasteiger partial charge in [-0.2, -0.15) is 0 Å². The number of carbonyl (C=O) groups excluding carboxylic acids is 2. The number of rotatable bonds is 11. The summed E-state index contributed by atoms with van der Waals surface area (Å²) in [6, 6.07) is 7.91. The number of carbonyl (C=O) groups is 2. The van der Waals surface area contributed by atoms with Gasteiger partial charge in [-0.1, -0.05) is 106 Å². The summed E-state index contributed by atoms with van der Waals surface area (Å²) >= 11 is 33.7. The first-order valence-corrected chi connectivity index (χ1v) is 13.1. The summed E-state index contributed by atoms with van der Waals surface area (Å²) in [7, 11) is 0. The molecular formula is C22H25Cl6NO9. The molecule has 0 aromatic heterocycles. The van der Waals surface area contributed by atoms with E-state index in [0.29, 0.717) is 0 Å². The molecule has 0 unspecified atom stereocenters. The minimum absolute atomic E-state index is 0.0375. The molecule has 0 spiro atoms. The number of alkyl halides is 6. The Hall–Kier alpha value is -0.920. The van der Waals surface area contributed by atoms with E-state index in [1.165, 1.54) is 6.08 Å². The number of hydrogen-bond donors (Lipinski definition) is 2. The monoisotopic (exact) mass is 657 g/mol. The van der Waals surface area contributed by atoms with Crippen molar-refractivity contribution >= 4 is 81.9 Å². The highest BCUT2D eigenvalue weighted by Crippen LogP contribution is 2.29. The predicted molar refractivity (Wildman–Crippen MR) is 142 cm³/mol. The first-order chi connectivity index (χ1) is 17.8. The van der Waals surface area contributed by atoms with Crippen molar-refractivity contribution in [3.8, 4) is 0 Å². The van der Waals surface area contributed by atoms with Crippen molar-refractivity contribution in [1.29, 1.82) is 0 Å². The SMILES string of the molecule is C=CCO[C@H]1O[C@H](COCc2ccccc2)[C@@H](O)[C@H](OC(=O)OCC(Cl)(Cl)Cl)[C@H]1NC(=O)OCC(Cl)(Cl)Cl. The Bertz CT molecular complexity index is 900. The molecule has 1 aromatic rings. The fourth-order valence-electron chi connectivity index (χ4n) is 3.13. The van der Waals surface area contributed by atoms with Gasteiger partial charge in [0.2, 0.25) is 7.59 Å². The number of hydrogen-bond acceptors (Lipinski definition) is 9. The average molecular weight is 660 g/mol. The highest BCUT2D eigenvalue weighted by Gasteiger charge is 2.49. The van der Waals surface area contributed by atoms with Crippen LogP contribution < -0.4 is 5.32 Å². The Morgan fingerprint density at radius 3 is 2.29 bits per heavy atom. The number of aliphatic hydroxyl groups is 1. The van der Waals surface area contributed by atoms with Crippen molar-refractivity contribution in [2.75, 3.05) is 26.4 Å². The van der Waals surface area contributed by atoms with Crippen LogP contribution in [0, 0.1) is 0 Å². The summed E-state index contributed by atoms with van der Waals surface area (Å²) in [5.41, 5.74) is 0.872. The number of amides is 1. The van der Waals surface area contributed by atoms with Crippen molar-refractivity contribution in [2.45, 2.75) is 44.8 Å². The zero-order chi connectivity index (χ0) is 28.3. The minimum Gasteiger partial charge on any atom is -0.445 e. The third-order valence-corrected chi connectivity index (χ3v) is 5.34. The summed E-state index contributed by atoms with van der Waals surface area (Å²) < 4.78 is 28.3. The second-order valence-corrected chi connectivity index (χ2v) is 12.8. The summed E-state index contributed by atoms with van der Waals surface area (Å²) in [4.78, 5) is 24.8. The van der Waals surface area contributed by atoms with Gasteiger partial charge in [-0.05, 0) is 5.56 Å². The molecule has 2 N–H and O–H groups in total. The largest absolute Gasteiger partial charge is 0.508 e. The van der Waals surface area contributed by atoms with E-state index in [0.717, 1.165) is 5.56 Å². The van der Waals surface area contributed by atoms with Crippen molar-refractivity contribution in [1.82, 2.24) is 5.32 Å². The molecule has 1 saturated heterocycles. The van der Waals surface area contributed by atoms with E-state index >= 15 is 0 Å². The maximum atomic E-state index is 12.4. The third kappa shape index (κ3) is 12.5. The van der Waals surface area contributed by atoms with E-state index in [-0.39, 0.29) is 19.8 Å². The number of aliphatic hydroxyl groups excluding tert-OH is 1. The number of benzene rings is 1. The molecule has 1 heterocycles. The van der Waals surface area contributed by atoms with Gasteiger partial charge < -0.3 is 38.8 Å². The molecule has 0 radical (unpaired) electrons. The number of halogens is 6. The van der Waals surface area contributed by atoms with Crippen LogP contribution in [0.3, 0.4) is 0 Å². The summed E-state index contributed by atoms with van der Waals surface area (Å²) in [6.07, 6.45) is -6.40. The molecule has 0 saturated carbocycles. The first-order valence-electron chi connectivity index (χ1n) is 10.9. The molecule has 16 heteroatoms. The standard InChI is InChI=1S/C22H25Cl6NO9/c1-2-8-34-18-15(29-19(31)35-11-21(23,24)25)17(38-20(32)36-12-22(26,27)28)16(30)14(37-18)10-33-9-13-6-4-3-5-7-13/h2-7,14-18,30H,1,8-12H2,(H,29,31)/t14-,15-,16-,17-,18+/m1/s1. The van der Waals surface area contributed by atoms with Gasteiger partial charge >= 0.3 is 12.2 Å². The molecule has 1 aromatic carbocycles. The van der Waals surface area contributed by atoms with Gasteiger partial charge in [0.1, 0.15) is 31.5 Å². The normalized spacial score (nSPS) is 23.8. The number of ether oxygens (including phenoxy) is 6. The van der Waals surface area contributed by atoms with Gasteiger partial charge in [0.05, 0.1) is 19.8 Å². The fourth-order valence-corrected chi connectivity index (χ4v) is 3.46. The molecule has 10 nitrogen and oxygen atoms in total. The number of alkyl carbamates (subject to hydrolysis) is 1. The topological polar surface area (TPSA) is 122 Å². The number of nitrogens with one attached hydrogen (secondary N) is 1. The molecule has 1 fully saturated rings. The van der Waals surface area contributed by atoms with Crippen LogP contribution >= 0.6 is 69.6 Å². The highest BCUT2D eigenvalue weighted by atomic mass is 35.6. The van der Waals surface area contributed by atoms with Crippen LogP contribution in [0.4, 0.5) is 9.59 Å². The minimum atomic E-state index is -1.92. The lowest BCUT2D eigenvalue weighted by Gasteiger charge is -2.43. The Balaban J connectivity index is 2.21. The highest BCUT2D eigenvalue weighted by molar-refractivity contribution is 6.68. The summed E-state index contributed by atoms with van der Waals surface area (Å²) in [5, 5.41) is 13.4. The van der Waals surface area contributed by atoms with Crippen LogP contribution in [0.1, 0.15) is 5.56 Å². The smallest absolute Gasteiger partial charge is 0.445 e. The zero-order valence-electron chi connectivity index (χ0n) is 19.6. The van der Waals surface area contributed by atoms with Crippen molar-refractivity contribution in [3.05, 3.63) is 48.6 Å². The van der Waals surface area contributed by atoms with Gasteiger partial charge in [0.25, 0.3) is 0 Å². The summed E-state index contributed by atoms with van der Waals surface area (Å²) in [5.74, 6) is 0. The van der Waals surface area contributed by atoms with Crippen molar-refractivity contribution in [2.24, 2.45) is 0 Å². The molecule has 38 heavy (non-hydrogen) atoms. The molecule has 1 amide bonds. The Kier molecular flexibility index (Phi) is 13.8. The first kappa shape index (κ1) is 33.3. The van der Waals surface area contributed by atoms with Crippen LogP contribution in [0.25, 0.3) is 0 Å². The Labute approximate surface area is 249 Å². The van der Waals surface area contributed by atoms with Crippen LogP contribution in [0.15, 0.2) is 43.0 Å². The van der Waals surface area contributed by atoms with Crippen LogP contribution in [0.5, 0.6) is 0 Å². The van der Waals surface area contributed by atoms with E-state index in [1.807, 2.05) is 30.3 Å². The Morgan fingerprint density at radius 2 is 1.68 bits per heavy atom. The van der Waals surface area contributed by atoms with E-state index in [1.54, 1.807) is 0 Å². The molecule has 1 aliphatic heterocycles.